The number of rotatable bonds is 9. The van der Waals surface area contributed by atoms with E-state index in [2.05, 4.69) is 16.0 Å². The molecule has 1 aliphatic heterocycles. The molecule has 40 heavy (non-hydrogen) atoms. The van der Waals surface area contributed by atoms with Crippen molar-refractivity contribution in [2.75, 3.05) is 25.0 Å². The van der Waals surface area contributed by atoms with Gasteiger partial charge in [-0.05, 0) is 60.2 Å². The molecule has 10 nitrogen and oxygen atoms in total. The summed E-state index contributed by atoms with van der Waals surface area (Å²) in [5.74, 6) is -0.547. The Balaban J connectivity index is 1.18. The second kappa shape index (κ2) is 12.1. The fourth-order valence-electron chi connectivity index (χ4n) is 3.90. The third-order valence-corrected chi connectivity index (χ3v) is 5.99. The fraction of sp³-hybridized carbons (Fsp3) is 0.231. The van der Waals surface area contributed by atoms with Crippen molar-refractivity contribution in [2.45, 2.75) is 18.7 Å². The fourth-order valence-corrected chi connectivity index (χ4v) is 4.10. The largest absolute Gasteiger partial charge is 0.492 e. The van der Waals surface area contributed by atoms with Crippen molar-refractivity contribution in [3.63, 3.8) is 0 Å². The van der Waals surface area contributed by atoms with Crippen molar-refractivity contribution in [3.05, 3.63) is 86.9 Å². The quantitative estimate of drug-likeness (QED) is 0.146. The molecule has 0 saturated heterocycles. The summed E-state index contributed by atoms with van der Waals surface area (Å²) in [4.78, 5) is 33.9. The van der Waals surface area contributed by atoms with Crippen molar-refractivity contribution in [1.29, 1.82) is 0 Å². The van der Waals surface area contributed by atoms with Gasteiger partial charge in [0.15, 0.2) is 0 Å². The molecule has 0 aromatic heterocycles. The number of alkyl halides is 3. The first-order valence-corrected chi connectivity index (χ1v) is 12.2. The SMILES string of the molecule is O=C(NCCOc1ccc(Nc2ccc([N+](=O)[O-])c(C(F)(F)F)c2)cc1)C(=O)NCC1Cc2cc(Cl)ccc2O1. The second-order valence-corrected chi connectivity index (χ2v) is 9.08. The minimum atomic E-state index is -4.89. The average molecular weight is 579 g/mol. The number of ether oxygens (including phenoxy) is 2. The minimum Gasteiger partial charge on any atom is -0.492 e. The van der Waals surface area contributed by atoms with Crippen molar-refractivity contribution < 1.29 is 37.2 Å². The van der Waals surface area contributed by atoms with Crippen molar-refractivity contribution in [2.24, 2.45) is 0 Å². The first kappa shape index (κ1) is 28.5. The summed E-state index contributed by atoms with van der Waals surface area (Å²) in [6.07, 6.45) is -4.64. The lowest BCUT2D eigenvalue weighted by molar-refractivity contribution is -0.388. The Morgan fingerprint density at radius 2 is 1.73 bits per heavy atom. The number of benzene rings is 3. The highest BCUT2D eigenvalue weighted by Gasteiger charge is 2.38. The van der Waals surface area contributed by atoms with Crippen LogP contribution < -0.4 is 25.4 Å². The molecule has 0 fully saturated rings. The molecular formula is C26H22ClF3N4O6. The number of fused-ring (bicyclic) bond motifs is 1. The summed E-state index contributed by atoms with van der Waals surface area (Å²) in [6.45, 7) is 0.233. The van der Waals surface area contributed by atoms with Crippen LogP contribution >= 0.6 is 11.6 Å². The summed E-state index contributed by atoms with van der Waals surface area (Å²) in [6, 6.07) is 14.0. The summed E-state index contributed by atoms with van der Waals surface area (Å²) in [7, 11) is 0. The number of nitrogens with one attached hydrogen (secondary N) is 3. The molecule has 1 heterocycles. The molecule has 0 spiro atoms. The van der Waals surface area contributed by atoms with Gasteiger partial charge in [-0.2, -0.15) is 13.2 Å². The standard InChI is InChI=1S/C26H22ClF3N4O6/c27-16-1-8-23-15(11-16)12-20(40-23)14-32-25(36)24(35)31-9-10-39-19-5-2-17(3-6-19)33-18-4-7-22(34(37)38)21(13-18)26(28,29)30/h1-8,11,13,20,33H,9-10,12,14H2,(H,31,35)(H,32,36). The van der Waals surface area contributed by atoms with Gasteiger partial charge in [-0.3, -0.25) is 19.7 Å². The number of nitro groups is 1. The number of anilines is 2. The number of hydrogen-bond acceptors (Lipinski definition) is 7. The first-order chi connectivity index (χ1) is 19.0. The van der Waals surface area contributed by atoms with Crippen molar-refractivity contribution in [1.82, 2.24) is 10.6 Å². The third-order valence-electron chi connectivity index (χ3n) is 5.76. The van der Waals surface area contributed by atoms with Crippen molar-refractivity contribution in [3.8, 4) is 11.5 Å². The molecule has 4 rings (SSSR count). The van der Waals surface area contributed by atoms with Gasteiger partial charge < -0.3 is 25.4 Å². The van der Waals surface area contributed by atoms with E-state index in [1.54, 1.807) is 30.3 Å². The van der Waals surface area contributed by atoms with Crippen LogP contribution in [0.15, 0.2) is 60.7 Å². The smallest absolute Gasteiger partial charge is 0.423 e. The zero-order valence-corrected chi connectivity index (χ0v) is 21.3. The Hall–Kier alpha value is -4.52. The van der Waals surface area contributed by atoms with Crippen LogP contribution in [0.1, 0.15) is 11.1 Å². The summed E-state index contributed by atoms with van der Waals surface area (Å²) in [5, 5.41) is 19.2. The Kier molecular flexibility index (Phi) is 8.63. The monoisotopic (exact) mass is 578 g/mol. The molecule has 0 saturated carbocycles. The lowest BCUT2D eigenvalue weighted by Gasteiger charge is -2.13. The molecule has 2 amide bonds. The summed E-state index contributed by atoms with van der Waals surface area (Å²) < 4.78 is 50.7. The highest BCUT2D eigenvalue weighted by Crippen LogP contribution is 2.38. The number of hydrogen-bond donors (Lipinski definition) is 3. The highest BCUT2D eigenvalue weighted by molar-refractivity contribution is 6.35. The third kappa shape index (κ3) is 7.32. The van der Waals surface area contributed by atoms with E-state index >= 15 is 0 Å². The van der Waals surface area contributed by atoms with Gasteiger partial charge in [0.25, 0.3) is 5.69 Å². The molecular weight excluding hydrogens is 557 g/mol. The maximum Gasteiger partial charge on any atom is 0.423 e. The minimum absolute atomic E-state index is 0.0148. The highest BCUT2D eigenvalue weighted by atomic mass is 35.5. The first-order valence-electron chi connectivity index (χ1n) is 11.9. The zero-order chi connectivity index (χ0) is 28.9. The van der Waals surface area contributed by atoms with Gasteiger partial charge in [0.1, 0.15) is 29.8 Å². The van der Waals surface area contributed by atoms with Crippen LogP contribution in [-0.4, -0.2) is 42.5 Å². The molecule has 3 N–H and O–H groups in total. The van der Waals surface area contributed by atoms with Gasteiger partial charge >= 0.3 is 18.0 Å². The lowest BCUT2D eigenvalue weighted by Crippen LogP contribution is -2.44. The van der Waals surface area contributed by atoms with E-state index in [9.17, 15) is 32.9 Å². The summed E-state index contributed by atoms with van der Waals surface area (Å²) in [5.41, 5.74) is -1.04. The van der Waals surface area contributed by atoms with Gasteiger partial charge in [-0.25, -0.2) is 0 Å². The molecule has 1 unspecified atom stereocenters. The molecule has 210 valence electrons. The van der Waals surface area contributed by atoms with E-state index in [0.29, 0.717) is 34.7 Å². The van der Waals surface area contributed by atoms with E-state index in [-0.39, 0.29) is 31.5 Å². The average Bonchev–Trinajstić information content (AvgIpc) is 3.32. The van der Waals surface area contributed by atoms with Gasteiger partial charge in [0.05, 0.1) is 18.0 Å². The predicted octanol–water partition coefficient (Wildman–Crippen LogP) is 4.63. The second-order valence-electron chi connectivity index (χ2n) is 8.65. The number of amides is 2. The van der Waals surface area contributed by atoms with Gasteiger partial charge in [-0.15, -0.1) is 0 Å². The van der Waals surface area contributed by atoms with Crippen LogP contribution in [0.5, 0.6) is 11.5 Å². The van der Waals surface area contributed by atoms with Crippen LogP contribution in [-0.2, 0) is 22.2 Å². The van der Waals surface area contributed by atoms with E-state index in [1.165, 1.54) is 18.2 Å². The van der Waals surface area contributed by atoms with Crippen LogP contribution in [0.4, 0.5) is 30.2 Å². The van der Waals surface area contributed by atoms with Crippen molar-refractivity contribution >= 4 is 40.5 Å². The Bertz CT molecular complexity index is 1420. The number of halogens is 4. The Labute approximate surface area is 230 Å². The molecule has 3 aromatic rings. The van der Waals surface area contributed by atoms with Crippen LogP contribution in [0.2, 0.25) is 5.02 Å². The molecule has 0 bridgehead atoms. The molecule has 1 aliphatic rings. The Morgan fingerprint density at radius 3 is 2.42 bits per heavy atom. The van der Waals surface area contributed by atoms with E-state index < -0.39 is 34.2 Å². The number of carbonyl (C=O) groups excluding carboxylic acids is 2. The van der Waals surface area contributed by atoms with Gasteiger partial charge in [-0.1, -0.05) is 11.6 Å². The molecule has 3 aromatic carbocycles. The molecule has 14 heteroatoms. The number of nitrogens with zero attached hydrogens (tertiary/aromatic N) is 1. The maximum atomic E-state index is 13.2. The molecule has 0 aliphatic carbocycles. The molecule has 1 atom stereocenters. The topological polar surface area (TPSA) is 132 Å². The van der Waals surface area contributed by atoms with Crippen LogP contribution in [0.3, 0.4) is 0 Å². The van der Waals surface area contributed by atoms with Gasteiger partial charge in [0.2, 0.25) is 0 Å². The number of carbonyl (C=O) groups is 2. The van der Waals surface area contributed by atoms with E-state index in [1.807, 2.05) is 0 Å². The normalized spacial score (nSPS) is 14.1. The lowest BCUT2D eigenvalue weighted by atomic mass is 10.1. The number of nitro benzene ring substituents is 1. The molecule has 0 radical (unpaired) electrons. The summed E-state index contributed by atoms with van der Waals surface area (Å²) >= 11 is 5.97. The van der Waals surface area contributed by atoms with E-state index in [4.69, 9.17) is 21.1 Å². The van der Waals surface area contributed by atoms with Crippen LogP contribution in [0, 0.1) is 10.1 Å². The Morgan fingerprint density at radius 1 is 1.02 bits per heavy atom. The maximum absolute atomic E-state index is 13.2. The van der Waals surface area contributed by atoms with E-state index in [0.717, 1.165) is 11.6 Å². The predicted molar refractivity (Wildman–Crippen MR) is 139 cm³/mol. The van der Waals surface area contributed by atoms with Crippen LogP contribution in [0.25, 0.3) is 0 Å². The van der Waals surface area contributed by atoms with Gasteiger partial charge in [0, 0.05) is 28.9 Å². The zero-order valence-electron chi connectivity index (χ0n) is 20.6.